The van der Waals surface area contributed by atoms with Gasteiger partial charge < -0.3 is 15.3 Å². The zero-order valence-electron chi connectivity index (χ0n) is 24.0. The lowest BCUT2D eigenvalue weighted by molar-refractivity contribution is -0.138. The molecule has 0 aliphatic carbocycles. The van der Waals surface area contributed by atoms with E-state index in [1.807, 2.05) is 0 Å². The number of carboxylic acid groups (broad SMARTS) is 3. The summed E-state index contributed by atoms with van der Waals surface area (Å²) in [6.45, 7) is 6.58. The molecule has 0 aromatic heterocycles. The lowest BCUT2D eigenvalue weighted by Gasteiger charge is -2.00. The lowest BCUT2D eigenvalue weighted by Crippen LogP contribution is -1.93. The molecule has 0 heterocycles. The highest BCUT2D eigenvalue weighted by Crippen LogP contribution is 2.10. The summed E-state index contributed by atoms with van der Waals surface area (Å²) in [5, 5.41) is 25.0. The fraction of sp³-hybridized carbons (Fsp3) is 0.900. The van der Waals surface area contributed by atoms with E-state index < -0.39 is 17.9 Å². The molecular weight excluding hydrogens is 456 g/mol. The van der Waals surface area contributed by atoms with Crippen molar-refractivity contribution < 1.29 is 29.7 Å². The number of unbranched alkanes of at least 4 members (excludes halogenated alkanes) is 18. The Morgan fingerprint density at radius 2 is 0.500 bits per heavy atom. The second kappa shape index (κ2) is 35.6. The summed E-state index contributed by atoms with van der Waals surface area (Å²) in [6, 6.07) is 0. The molecule has 0 unspecified atom stereocenters. The van der Waals surface area contributed by atoms with Crippen molar-refractivity contribution in [3.63, 3.8) is 0 Å². The second-order valence-electron chi connectivity index (χ2n) is 9.80. The maximum absolute atomic E-state index is 10.2. The fourth-order valence-electron chi connectivity index (χ4n) is 3.70. The Labute approximate surface area is 222 Å². The molecule has 0 atom stereocenters. The van der Waals surface area contributed by atoms with Crippen LogP contribution in [0.2, 0.25) is 0 Å². The van der Waals surface area contributed by atoms with Crippen molar-refractivity contribution in [1.29, 1.82) is 0 Å². The maximum atomic E-state index is 10.2. The molecule has 0 aromatic rings. The average Bonchev–Trinajstić information content (AvgIpc) is 2.82. The molecule has 36 heavy (non-hydrogen) atoms. The van der Waals surface area contributed by atoms with Crippen LogP contribution >= 0.6 is 0 Å². The maximum Gasteiger partial charge on any atom is 0.303 e. The molecule has 0 aliphatic heterocycles. The highest BCUT2D eigenvalue weighted by Gasteiger charge is 1.97. The minimum absolute atomic E-state index is 0.337. The van der Waals surface area contributed by atoms with E-state index in [0.29, 0.717) is 19.3 Å². The number of hydrogen-bond acceptors (Lipinski definition) is 3. The van der Waals surface area contributed by atoms with E-state index in [0.717, 1.165) is 38.5 Å². The van der Waals surface area contributed by atoms with Crippen LogP contribution in [0.3, 0.4) is 0 Å². The lowest BCUT2D eigenvalue weighted by atomic mass is 10.1. The first kappa shape index (κ1) is 38.9. The SMILES string of the molecule is CCCCCCCC(=O)O.CCCCCCCCCC(=O)O.CCCCCCCCCCCC(=O)O. The van der Waals surface area contributed by atoms with Crippen molar-refractivity contribution in [3.05, 3.63) is 0 Å². The van der Waals surface area contributed by atoms with Gasteiger partial charge in [0, 0.05) is 19.3 Å². The van der Waals surface area contributed by atoms with Gasteiger partial charge in [-0.15, -0.1) is 0 Å². The van der Waals surface area contributed by atoms with Gasteiger partial charge in [-0.1, -0.05) is 136 Å². The highest BCUT2D eigenvalue weighted by molar-refractivity contribution is 5.67. The van der Waals surface area contributed by atoms with Gasteiger partial charge in [0.15, 0.2) is 0 Å². The molecular formula is C30H60O6. The molecule has 0 bridgehead atoms. The van der Waals surface area contributed by atoms with Gasteiger partial charge in [0.05, 0.1) is 0 Å². The van der Waals surface area contributed by atoms with Crippen molar-refractivity contribution in [2.24, 2.45) is 0 Å². The average molecular weight is 517 g/mol. The molecule has 0 rings (SSSR count). The molecule has 216 valence electrons. The second-order valence-corrected chi connectivity index (χ2v) is 9.80. The molecule has 6 heteroatoms. The van der Waals surface area contributed by atoms with Gasteiger partial charge in [0.1, 0.15) is 0 Å². The van der Waals surface area contributed by atoms with Crippen LogP contribution < -0.4 is 0 Å². The predicted molar refractivity (Wildman–Crippen MR) is 151 cm³/mol. The number of aliphatic carboxylic acids is 3. The Bertz CT molecular complexity index is 464. The van der Waals surface area contributed by atoms with Gasteiger partial charge in [-0.2, -0.15) is 0 Å². The van der Waals surface area contributed by atoms with E-state index in [4.69, 9.17) is 15.3 Å². The zero-order chi connectivity index (χ0) is 27.7. The third-order valence-corrected chi connectivity index (χ3v) is 5.98. The van der Waals surface area contributed by atoms with Crippen LogP contribution in [-0.2, 0) is 14.4 Å². The Hall–Kier alpha value is -1.59. The normalized spacial score (nSPS) is 10.1. The van der Waals surface area contributed by atoms with E-state index in [1.54, 1.807) is 0 Å². The quantitative estimate of drug-likeness (QED) is 0.110. The molecule has 3 N–H and O–H groups in total. The van der Waals surface area contributed by atoms with Crippen molar-refractivity contribution in [2.45, 2.75) is 175 Å². The summed E-state index contributed by atoms with van der Waals surface area (Å²) < 4.78 is 0. The van der Waals surface area contributed by atoms with Crippen LogP contribution in [0.5, 0.6) is 0 Å². The van der Waals surface area contributed by atoms with Gasteiger partial charge in [0.25, 0.3) is 0 Å². The van der Waals surface area contributed by atoms with Crippen LogP contribution in [-0.4, -0.2) is 33.2 Å². The summed E-state index contributed by atoms with van der Waals surface area (Å²) in [5.41, 5.74) is 0. The van der Waals surface area contributed by atoms with Crippen LogP contribution in [0.25, 0.3) is 0 Å². The van der Waals surface area contributed by atoms with Crippen LogP contribution in [0.4, 0.5) is 0 Å². The standard InChI is InChI=1S/C12H24O2.C10H20O2.C8H16O2/c1-2-3-4-5-6-7-8-9-10-11-12(13)14;1-2-3-4-5-6-7-8-9-10(11)12;1-2-3-4-5-6-7-8(9)10/h2-11H2,1H3,(H,13,14);2-9H2,1H3,(H,11,12);2-7H2,1H3,(H,9,10). The molecule has 0 aliphatic rings. The third-order valence-electron chi connectivity index (χ3n) is 5.98. The predicted octanol–water partition coefficient (Wildman–Crippen LogP) is 9.64. The third kappa shape index (κ3) is 49.5. The number of carboxylic acids is 3. The molecule has 0 aromatic carbocycles. The van der Waals surface area contributed by atoms with Gasteiger partial charge in [-0.05, 0) is 19.3 Å². The molecule has 0 saturated carbocycles. The summed E-state index contributed by atoms with van der Waals surface area (Å²) in [7, 11) is 0. The summed E-state index contributed by atoms with van der Waals surface area (Å²) >= 11 is 0. The number of hydrogen-bond donors (Lipinski definition) is 3. The van der Waals surface area contributed by atoms with Crippen LogP contribution in [0, 0.1) is 0 Å². The molecule has 0 fully saturated rings. The summed E-state index contributed by atoms with van der Waals surface area (Å²) in [6.07, 6.45) is 26.0. The van der Waals surface area contributed by atoms with E-state index in [2.05, 4.69) is 20.8 Å². The monoisotopic (exact) mass is 516 g/mol. The molecule has 0 saturated heterocycles. The van der Waals surface area contributed by atoms with E-state index in [-0.39, 0.29) is 0 Å². The smallest absolute Gasteiger partial charge is 0.303 e. The minimum atomic E-state index is -0.670. The van der Waals surface area contributed by atoms with Gasteiger partial charge in [-0.3, -0.25) is 14.4 Å². The molecule has 0 amide bonds. The van der Waals surface area contributed by atoms with Gasteiger partial charge in [-0.25, -0.2) is 0 Å². The fourth-order valence-corrected chi connectivity index (χ4v) is 3.70. The molecule has 0 radical (unpaired) electrons. The summed E-state index contributed by atoms with van der Waals surface area (Å²) in [5.74, 6) is -1.99. The van der Waals surface area contributed by atoms with Crippen molar-refractivity contribution in [1.82, 2.24) is 0 Å². The van der Waals surface area contributed by atoms with E-state index in [9.17, 15) is 14.4 Å². The zero-order valence-corrected chi connectivity index (χ0v) is 24.0. The number of rotatable bonds is 24. The Morgan fingerprint density at radius 3 is 0.667 bits per heavy atom. The van der Waals surface area contributed by atoms with Crippen LogP contribution in [0.15, 0.2) is 0 Å². The Balaban J connectivity index is -0.000000460. The number of carbonyl (C=O) groups is 3. The minimum Gasteiger partial charge on any atom is -0.481 e. The first-order valence-electron chi connectivity index (χ1n) is 15.0. The topological polar surface area (TPSA) is 112 Å². The van der Waals surface area contributed by atoms with Crippen LogP contribution in [0.1, 0.15) is 175 Å². The Morgan fingerprint density at radius 1 is 0.333 bits per heavy atom. The van der Waals surface area contributed by atoms with Crippen molar-refractivity contribution in [2.75, 3.05) is 0 Å². The van der Waals surface area contributed by atoms with E-state index in [1.165, 1.54) is 96.3 Å². The van der Waals surface area contributed by atoms with Gasteiger partial charge in [0.2, 0.25) is 0 Å². The largest absolute Gasteiger partial charge is 0.481 e. The molecule has 6 nitrogen and oxygen atoms in total. The van der Waals surface area contributed by atoms with Crippen molar-refractivity contribution in [3.8, 4) is 0 Å². The van der Waals surface area contributed by atoms with E-state index >= 15 is 0 Å². The summed E-state index contributed by atoms with van der Waals surface area (Å²) in [4.78, 5) is 30.4. The molecule has 0 spiro atoms. The van der Waals surface area contributed by atoms with Gasteiger partial charge >= 0.3 is 17.9 Å². The highest BCUT2D eigenvalue weighted by atomic mass is 16.4. The first-order chi connectivity index (χ1) is 17.3. The first-order valence-corrected chi connectivity index (χ1v) is 15.0. The van der Waals surface area contributed by atoms with Crippen molar-refractivity contribution >= 4 is 17.9 Å². The Kier molecular flexibility index (Phi) is 38.5.